The second-order valence-electron chi connectivity index (χ2n) is 9.78. The van der Waals surface area contributed by atoms with Gasteiger partial charge < -0.3 is 10.7 Å². The van der Waals surface area contributed by atoms with Crippen LogP contribution in [0.3, 0.4) is 0 Å². The summed E-state index contributed by atoms with van der Waals surface area (Å²) in [5.41, 5.74) is 0.261. The first-order chi connectivity index (χ1) is 18.5. The van der Waals surface area contributed by atoms with Gasteiger partial charge >= 0.3 is 11.9 Å². The number of H-pyrrole nitrogens is 1. The van der Waals surface area contributed by atoms with Crippen LogP contribution in [0.2, 0.25) is 10.0 Å². The molecule has 1 amide bonds. The molecule has 40 heavy (non-hydrogen) atoms. The summed E-state index contributed by atoms with van der Waals surface area (Å²) in [6.45, 7) is 2.24. The van der Waals surface area contributed by atoms with E-state index < -0.39 is 73.3 Å². The van der Waals surface area contributed by atoms with Crippen molar-refractivity contribution in [2.45, 2.75) is 56.4 Å². The van der Waals surface area contributed by atoms with Gasteiger partial charge in [0.25, 0.3) is 5.56 Å². The average Bonchev–Trinajstić information content (AvgIpc) is 3.24. The van der Waals surface area contributed by atoms with Gasteiger partial charge in [0.1, 0.15) is 0 Å². The van der Waals surface area contributed by atoms with Gasteiger partial charge in [-0.25, -0.2) is 13.2 Å². The normalized spacial score (nSPS) is 18.5. The Kier molecular flexibility index (Phi) is 7.91. The number of halogens is 5. The lowest BCUT2D eigenvalue weighted by molar-refractivity contribution is -0.138. The lowest BCUT2D eigenvalue weighted by atomic mass is 9.96. The molecule has 1 aromatic heterocycles. The van der Waals surface area contributed by atoms with E-state index in [2.05, 4.69) is 4.98 Å². The van der Waals surface area contributed by atoms with Crippen LogP contribution in [-0.4, -0.2) is 46.6 Å². The van der Waals surface area contributed by atoms with E-state index in [4.69, 9.17) is 28.9 Å². The molecule has 15 heteroatoms. The molecule has 1 saturated heterocycles. The number of alkyl halides is 3. The molecule has 1 aliphatic rings. The maximum Gasteiger partial charge on any atom is 0.416 e. The predicted molar refractivity (Wildman–Crippen MR) is 144 cm³/mol. The number of amides is 1. The number of hydrogen-bond donors (Lipinski definition) is 2. The molecular weight excluding hydrogens is 596 g/mol. The van der Waals surface area contributed by atoms with Crippen molar-refractivity contribution >= 4 is 49.8 Å². The van der Waals surface area contributed by atoms with Crippen LogP contribution >= 0.6 is 23.2 Å². The summed E-state index contributed by atoms with van der Waals surface area (Å²) in [5.74, 6) is -0.971. The van der Waals surface area contributed by atoms with E-state index in [1.54, 1.807) is 0 Å². The zero-order valence-corrected chi connectivity index (χ0v) is 23.7. The molecule has 2 heterocycles. The molecule has 0 bridgehead atoms. The molecule has 9 nitrogen and oxygen atoms in total. The molecule has 1 fully saturated rings. The minimum absolute atomic E-state index is 0.0137. The van der Waals surface area contributed by atoms with Gasteiger partial charge in [-0.2, -0.15) is 13.2 Å². The van der Waals surface area contributed by atoms with Gasteiger partial charge in [0.2, 0.25) is 5.91 Å². The van der Waals surface area contributed by atoms with Gasteiger partial charge in [0.15, 0.2) is 9.84 Å². The van der Waals surface area contributed by atoms with Crippen molar-refractivity contribution in [3.63, 3.8) is 0 Å². The largest absolute Gasteiger partial charge is 0.416 e. The number of rotatable bonds is 7. The van der Waals surface area contributed by atoms with Crippen molar-refractivity contribution in [2.75, 3.05) is 12.3 Å². The fraction of sp³-hybridized carbons (Fsp3) is 0.400. The van der Waals surface area contributed by atoms with Crippen LogP contribution < -0.4 is 17.0 Å². The van der Waals surface area contributed by atoms with Crippen molar-refractivity contribution in [3.05, 3.63) is 71.8 Å². The maximum absolute atomic E-state index is 14.3. The highest BCUT2D eigenvalue weighted by Gasteiger charge is 2.44. The third kappa shape index (κ3) is 5.27. The highest BCUT2D eigenvalue weighted by molar-refractivity contribution is 7.91. The number of nitrogens with zero attached hydrogens (tertiary/aromatic N) is 2. The predicted octanol–water partition coefficient (Wildman–Crippen LogP) is 3.70. The number of nitrogens with two attached hydrogens (primary N) is 1. The number of nitrogens with one attached hydrogen (secondary N) is 1. The summed E-state index contributed by atoms with van der Waals surface area (Å²) in [6, 6.07) is 4.44. The molecule has 0 spiro atoms. The number of carbonyl (C=O) groups is 1. The zero-order chi connectivity index (χ0) is 29.8. The van der Waals surface area contributed by atoms with E-state index in [9.17, 15) is 36.0 Å². The SMILES string of the molecule is CCS(=O)(=O)c1ccc(Cl)cc1Cn1c(=O)[nH]c2c(Cl)c(CN3CCCC3(C)C(N)=O)c(C(F)(F)F)cc2c1=O. The topological polar surface area (TPSA) is 135 Å². The van der Waals surface area contributed by atoms with E-state index >= 15 is 0 Å². The number of hydrogen-bond acceptors (Lipinski definition) is 6. The lowest BCUT2D eigenvalue weighted by Crippen LogP contribution is -2.51. The molecule has 0 saturated carbocycles. The van der Waals surface area contributed by atoms with Gasteiger partial charge in [0.05, 0.1) is 44.2 Å². The number of primary amides is 1. The molecule has 0 radical (unpaired) electrons. The number of aromatic amines is 1. The maximum atomic E-state index is 14.3. The Labute approximate surface area is 236 Å². The minimum Gasteiger partial charge on any atom is -0.368 e. The minimum atomic E-state index is -4.95. The van der Waals surface area contributed by atoms with E-state index in [0.717, 1.165) is 0 Å². The molecule has 0 aliphatic carbocycles. The van der Waals surface area contributed by atoms with Gasteiger partial charge in [0, 0.05) is 11.6 Å². The molecule has 1 aliphatic heterocycles. The summed E-state index contributed by atoms with van der Waals surface area (Å²) in [7, 11) is -3.79. The van der Waals surface area contributed by atoms with E-state index in [1.165, 1.54) is 36.9 Å². The molecule has 2 aromatic carbocycles. The van der Waals surface area contributed by atoms with E-state index in [-0.39, 0.29) is 33.3 Å². The lowest BCUT2D eigenvalue weighted by Gasteiger charge is -2.33. The van der Waals surface area contributed by atoms with Crippen molar-refractivity contribution in [2.24, 2.45) is 5.73 Å². The second-order valence-corrected chi connectivity index (χ2v) is 12.8. The van der Waals surface area contributed by atoms with Crippen LogP contribution in [0.15, 0.2) is 38.8 Å². The summed E-state index contributed by atoms with van der Waals surface area (Å²) < 4.78 is 68.6. The first-order valence-electron chi connectivity index (χ1n) is 12.1. The summed E-state index contributed by atoms with van der Waals surface area (Å²) in [6.07, 6.45) is -4.08. The Hall–Kier alpha value is -2.87. The van der Waals surface area contributed by atoms with E-state index in [1.807, 2.05) is 0 Å². The van der Waals surface area contributed by atoms with Gasteiger partial charge in [-0.15, -0.1) is 0 Å². The van der Waals surface area contributed by atoms with Crippen LogP contribution in [0.5, 0.6) is 0 Å². The monoisotopic (exact) mass is 620 g/mol. The summed E-state index contributed by atoms with van der Waals surface area (Å²) in [5, 5.41) is -0.893. The van der Waals surface area contributed by atoms with Crippen LogP contribution in [0.4, 0.5) is 13.2 Å². The number of likely N-dealkylation sites (tertiary alicyclic amines) is 1. The second kappa shape index (κ2) is 10.5. The third-order valence-electron chi connectivity index (χ3n) is 7.36. The van der Waals surface area contributed by atoms with Gasteiger partial charge in [-0.05, 0) is 61.7 Å². The molecule has 3 aromatic rings. The number of aromatic nitrogens is 2. The standard InChI is InChI=1S/C25H25Cl2F3N4O5S/c1-3-40(38,39)18-6-5-14(26)9-13(18)11-34-21(35)15-10-17(25(28,29)30)16(19(27)20(15)32-23(34)37)12-33-8-4-7-24(33,2)22(31)36/h5-6,9-10H,3-4,7-8,11-12H2,1-2H3,(H2,31,36)(H,32,37). The van der Waals surface area contributed by atoms with Crippen LogP contribution in [0.1, 0.15) is 43.4 Å². The van der Waals surface area contributed by atoms with Gasteiger partial charge in [-0.3, -0.25) is 19.1 Å². The average molecular weight is 621 g/mol. The van der Waals surface area contributed by atoms with E-state index in [0.29, 0.717) is 23.5 Å². The molecule has 4 rings (SSSR count). The Balaban J connectivity index is 1.92. The highest BCUT2D eigenvalue weighted by Crippen LogP contribution is 2.40. The van der Waals surface area contributed by atoms with Crippen LogP contribution in [-0.2, 0) is 33.9 Å². The number of benzene rings is 2. The molecule has 3 N–H and O–H groups in total. The van der Waals surface area contributed by atoms with Crippen LogP contribution in [0, 0.1) is 0 Å². The van der Waals surface area contributed by atoms with Gasteiger partial charge in [-0.1, -0.05) is 30.1 Å². The first kappa shape index (κ1) is 30.1. The molecule has 1 atom stereocenters. The number of carbonyl (C=O) groups excluding carboxylic acids is 1. The van der Waals surface area contributed by atoms with Crippen molar-refractivity contribution in [1.29, 1.82) is 0 Å². The fourth-order valence-corrected chi connectivity index (χ4v) is 6.60. The Morgan fingerprint density at radius 1 is 1.18 bits per heavy atom. The summed E-state index contributed by atoms with van der Waals surface area (Å²) in [4.78, 5) is 42.2. The Morgan fingerprint density at radius 3 is 2.45 bits per heavy atom. The Morgan fingerprint density at radius 2 is 1.85 bits per heavy atom. The quantitative estimate of drug-likeness (QED) is 0.413. The summed E-state index contributed by atoms with van der Waals surface area (Å²) >= 11 is 12.5. The van der Waals surface area contributed by atoms with Crippen molar-refractivity contribution in [3.8, 4) is 0 Å². The molecule has 1 unspecified atom stereocenters. The Bertz CT molecular complexity index is 1750. The molecule has 216 valence electrons. The number of fused-ring (bicyclic) bond motifs is 1. The number of sulfone groups is 1. The highest BCUT2D eigenvalue weighted by atomic mass is 35.5. The van der Waals surface area contributed by atoms with Crippen molar-refractivity contribution in [1.82, 2.24) is 14.5 Å². The third-order valence-corrected chi connectivity index (χ3v) is 9.84. The zero-order valence-electron chi connectivity index (χ0n) is 21.4. The van der Waals surface area contributed by atoms with Crippen molar-refractivity contribution < 1.29 is 26.4 Å². The fourth-order valence-electron chi connectivity index (χ4n) is 4.99. The smallest absolute Gasteiger partial charge is 0.368 e. The first-order valence-corrected chi connectivity index (χ1v) is 14.5. The molecular formula is C25H25Cl2F3N4O5S. The van der Waals surface area contributed by atoms with Crippen LogP contribution in [0.25, 0.3) is 10.9 Å².